The molecule has 1 aromatic rings. The monoisotopic (exact) mass is 337 g/mol. The lowest BCUT2D eigenvalue weighted by molar-refractivity contribution is -0.143. The third-order valence-corrected chi connectivity index (χ3v) is 5.25. The Kier molecular flexibility index (Phi) is 4.34. The van der Waals surface area contributed by atoms with Crippen molar-refractivity contribution in [1.29, 1.82) is 0 Å². The van der Waals surface area contributed by atoms with Crippen LogP contribution in [0.3, 0.4) is 0 Å². The van der Waals surface area contributed by atoms with E-state index in [0.29, 0.717) is 29.3 Å². The Labute approximate surface area is 140 Å². The van der Waals surface area contributed by atoms with E-state index < -0.39 is 17.7 Å². The van der Waals surface area contributed by atoms with Crippen LogP contribution in [0.15, 0.2) is 24.3 Å². The van der Waals surface area contributed by atoms with E-state index in [1.54, 1.807) is 24.3 Å². The van der Waals surface area contributed by atoms with Crippen molar-refractivity contribution in [2.75, 3.05) is 6.61 Å². The summed E-state index contributed by atoms with van der Waals surface area (Å²) in [6.45, 7) is 2.19. The molecule has 23 heavy (non-hydrogen) atoms. The molecule has 1 N–H and O–H groups in total. The van der Waals surface area contributed by atoms with E-state index in [1.165, 1.54) is 4.90 Å². The maximum atomic E-state index is 13.0. The standard InChI is InChI=1S/C17H20ClNO4/c1-11-6-8-17(9-7-11)19(14(10-23-17)16(21)22)15(20)12-4-2-3-5-13(12)18/h2-5,11,14H,6-10H2,1H3,(H,21,22). The number of hydrogen-bond donors (Lipinski definition) is 1. The predicted molar refractivity (Wildman–Crippen MR) is 85.4 cm³/mol. The molecule has 3 rings (SSSR count). The highest BCUT2D eigenvalue weighted by Crippen LogP contribution is 2.43. The SMILES string of the molecule is CC1CCC2(CC1)OCC(C(=O)O)N2C(=O)c1ccccc1Cl. The van der Waals surface area contributed by atoms with Gasteiger partial charge in [0.2, 0.25) is 0 Å². The number of carboxylic acids is 1. The first-order valence-electron chi connectivity index (χ1n) is 7.89. The quantitative estimate of drug-likeness (QED) is 0.900. The van der Waals surface area contributed by atoms with E-state index in [4.69, 9.17) is 16.3 Å². The highest BCUT2D eigenvalue weighted by molar-refractivity contribution is 6.33. The summed E-state index contributed by atoms with van der Waals surface area (Å²) in [7, 11) is 0. The summed E-state index contributed by atoms with van der Waals surface area (Å²) in [6.07, 6.45) is 3.15. The Morgan fingerprint density at radius 2 is 1.96 bits per heavy atom. The maximum Gasteiger partial charge on any atom is 0.328 e. The highest BCUT2D eigenvalue weighted by Gasteiger charge is 2.53. The molecular formula is C17H20ClNO4. The molecule has 1 saturated heterocycles. The number of ether oxygens (including phenoxy) is 1. The summed E-state index contributed by atoms with van der Waals surface area (Å²) in [5, 5.41) is 9.83. The summed E-state index contributed by atoms with van der Waals surface area (Å²) < 4.78 is 5.88. The molecule has 1 saturated carbocycles. The molecule has 2 fully saturated rings. The summed E-state index contributed by atoms with van der Waals surface area (Å²) >= 11 is 6.14. The lowest BCUT2D eigenvalue weighted by Crippen LogP contribution is -2.55. The van der Waals surface area contributed by atoms with Crippen LogP contribution in [0.5, 0.6) is 0 Å². The van der Waals surface area contributed by atoms with E-state index >= 15 is 0 Å². The van der Waals surface area contributed by atoms with E-state index in [-0.39, 0.29) is 12.5 Å². The van der Waals surface area contributed by atoms with Crippen molar-refractivity contribution < 1.29 is 19.4 Å². The third kappa shape index (κ3) is 2.83. The molecule has 1 aliphatic heterocycles. The molecule has 0 bridgehead atoms. The zero-order chi connectivity index (χ0) is 16.6. The molecule has 2 aliphatic rings. The number of carbonyl (C=O) groups is 2. The Morgan fingerprint density at radius 1 is 1.30 bits per heavy atom. The number of nitrogens with zero attached hydrogens (tertiary/aromatic N) is 1. The van der Waals surface area contributed by atoms with Crippen molar-refractivity contribution in [3.8, 4) is 0 Å². The molecule has 1 unspecified atom stereocenters. The Morgan fingerprint density at radius 3 is 2.57 bits per heavy atom. The van der Waals surface area contributed by atoms with Gasteiger partial charge in [-0.25, -0.2) is 4.79 Å². The Bertz CT molecular complexity index is 625. The van der Waals surface area contributed by atoms with Crippen LogP contribution in [-0.4, -0.2) is 40.3 Å². The van der Waals surface area contributed by atoms with Gasteiger partial charge in [-0.05, 0) is 43.7 Å². The van der Waals surface area contributed by atoms with Crippen LogP contribution in [0.1, 0.15) is 43.0 Å². The minimum absolute atomic E-state index is 0.0277. The fourth-order valence-corrected chi connectivity index (χ4v) is 3.75. The van der Waals surface area contributed by atoms with Crippen molar-refractivity contribution in [3.05, 3.63) is 34.9 Å². The number of aliphatic carboxylic acids is 1. The average molecular weight is 338 g/mol. The Balaban J connectivity index is 1.98. The van der Waals surface area contributed by atoms with Gasteiger partial charge in [0.15, 0.2) is 6.04 Å². The van der Waals surface area contributed by atoms with Gasteiger partial charge >= 0.3 is 5.97 Å². The summed E-state index contributed by atoms with van der Waals surface area (Å²) in [5.74, 6) is -0.846. The second kappa shape index (κ2) is 6.13. The van der Waals surface area contributed by atoms with Crippen LogP contribution in [0.25, 0.3) is 0 Å². The number of rotatable bonds is 2. The lowest BCUT2D eigenvalue weighted by Gasteiger charge is -2.42. The summed E-state index contributed by atoms with van der Waals surface area (Å²) in [5.41, 5.74) is -0.491. The zero-order valence-electron chi connectivity index (χ0n) is 13.0. The smallest absolute Gasteiger partial charge is 0.328 e. The van der Waals surface area contributed by atoms with Crippen molar-refractivity contribution >= 4 is 23.5 Å². The van der Waals surface area contributed by atoms with Crippen molar-refractivity contribution in [3.63, 3.8) is 0 Å². The highest BCUT2D eigenvalue weighted by atomic mass is 35.5. The first kappa shape index (κ1) is 16.3. The van der Waals surface area contributed by atoms with E-state index in [9.17, 15) is 14.7 Å². The second-order valence-corrected chi connectivity index (χ2v) is 6.86. The van der Waals surface area contributed by atoms with Gasteiger partial charge in [0.25, 0.3) is 5.91 Å². The fraction of sp³-hybridized carbons (Fsp3) is 0.529. The molecule has 0 radical (unpaired) electrons. The van der Waals surface area contributed by atoms with Crippen LogP contribution in [0, 0.1) is 5.92 Å². The molecule has 1 aromatic carbocycles. The molecule has 1 amide bonds. The van der Waals surface area contributed by atoms with Gasteiger partial charge in [0.05, 0.1) is 17.2 Å². The first-order valence-corrected chi connectivity index (χ1v) is 8.27. The van der Waals surface area contributed by atoms with Gasteiger partial charge in [0, 0.05) is 0 Å². The predicted octanol–water partition coefficient (Wildman–Crippen LogP) is 3.17. The van der Waals surface area contributed by atoms with Crippen molar-refractivity contribution in [2.24, 2.45) is 5.92 Å². The van der Waals surface area contributed by atoms with Crippen LogP contribution in [-0.2, 0) is 9.53 Å². The van der Waals surface area contributed by atoms with Crippen LogP contribution >= 0.6 is 11.6 Å². The number of hydrogen-bond acceptors (Lipinski definition) is 3. The van der Waals surface area contributed by atoms with Gasteiger partial charge in [-0.1, -0.05) is 30.7 Å². The normalized spacial score (nSPS) is 30.6. The molecular weight excluding hydrogens is 318 g/mol. The van der Waals surface area contributed by atoms with Crippen LogP contribution in [0.4, 0.5) is 0 Å². The number of amides is 1. The number of carboxylic acid groups (broad SMARTS) is 1. The lowest BCUT2D eigenvalue weighted by atomic mass is 9.83. The molecule has 1 atom stereocenters. The van der Waals surface area contributed by atoms with Crippen molar-refractivity contribution in [2.45, 2.75) is 44.4 Å². The molecule has 1 heterocycles. The molecule has 1 spiro atoms. The Hall–Kier alpha value is -1.59. The van der Waals surface area contributed by atoms with E-state index in [1.807, 2.05) is 0 Å². The average Bonchev–Trinajstić information content (AvgIpc) is 2.90. The molecule has 124 valence electrons. The van der Waals surface area contributed by atoms with Gasteiger partial charge in [0.1, 0.15) is 5.72 Å². The van der Waals surface area contributed by atoms with E-state index in [0.717, 1.165) is 12.8 Å². The first-order chi connectivity index (χ1) is 10.9. The van der Waals surface area contributed by atoms with Crippen molar-refractivity contribution in [1.82, 2.24) is 4.90 Å². The molecule has 6 heteroatoms. The molecule has 1 aliphatic carbocycles. The van der Waals surface area contributed by atoms with E-state index in [2.05, 4.69) is 6.92 Å². The van der Waals surface area contributed by atoms with Crippen LogP contribution < -0.4 is 0 Å². The van der Waals surface area contributed by atoms with Gasteiger partial charge in [-0.3, -0.25) is 9.69 Å². The largest absolute Gasteiger partial charge is 0.480 e. The number of carbonyl (C=O) groups excluding carboxylic acids is 1. The summed E-state index contributed by atoms with van der Waals surface area (Å²) in [4.78, 5) is 26.1. The summed E-state index contributed by atoms with van der Waals surface area (Å²) in [6, 6.07) is 5.76. The third-order valence-electron chi connectivity index (χ3n) is 4.92. The van der Waals surface area contributed by atoms with Gasteiger partial charge in [-0.15, -0.1) is 0 Å². The minimum Gasteiger partial charge on any atom is -0.480 e. The number of halogens is 1. The van der Waals surface area contributed by atoms with Crippen LogP contribution in [0.2, 0.25) is 5.02 Å². The maximum absolute atomic E-state index is 13.0. The number of benzene rings is 1. The minimum atomic E-state index is -1.04. The zero-order valence-corrected chi connectivity index (χ0v) is 13.8. The topological polar surface area (TPSA) is 66.8 Å². The fourth-order valence-electron chi connectivity index (χ4n) is 3.53. The molecule has 5 nitrogen and oxygen atoms in total. The molecule has 0 aromatic heterocycles. The van der Waals surface area contributed by atoms with Gasteiger partial charge in [-0.2, -0.15) is 0 Å². The second-order valence-electron chi connectivity index (χ2n) is 6.45. The van der Waals surface area contributed by atoms with Gasteiger partial charge < -0.3 is 9.84 Å².